The Morgan fingerprint density at radius 2 is 1.01 bits per heavy atom. The number of fused-ring (bicyclic) bond motifs is 4. The predicted octanol–water partition coefficient (Wildman–Crippen LogP) is 19.2. The van der Waals surface area contributed by atoms with E-state index in [1.54, 1.807) is 0 Å². The summed E-state index contributed by atoms with van der Waals surface area (Å²) in [7, 11) is 0. The minimum Gasteiger partial charge on any atom is -0.509 e. The zero-order valence-electron chi connectivity index (χ0n) is 47.5. The van der Waals surface area contributed by atoms with Gasteiger partial charge in [0.1, 0.15) is 5.82 Å². The minimum atomic E-state index is -0.269. The van der Waals surface area contributed by atoms with Crippen LogP contribution < -0.4 is 14.5 Å². The molecule has 0 bridgehead atoms. The smallest absolute Gasteiger partial charge is 0.135 e. The van der Waals surface area contributed by atoms with Crippen molar-refractivity contribution in [1.29, 1.82) is 0 Å². The standard InChI is InChI=1S/C72H71N4O.Pt/c1-68(2,3)52-29-34-64-66(43-52)75(57-38-49(48-23-17-14-18-24-48)37-55(39-57)69(4,5)6)47-74(64)58-40-56(70(7,8)9)41-60(45-58)77-59-31-32-61-62-42-53(71(10,11)50-25-19-15-20-26-50)30-33-63(62)76(65(61)46-59)67-44-54(35-36-73-67)72(12,13)51-27-21-16-22-28-51;/h14-44,47H,1-13H3;/q-3;. The van der Waals surface area contributed by atoms with Crippen molar-refractivity contribution in [3.8, 4) is 28.4 Å². The molecule has 8 aromatic carbocycles. The molecule has 0 atom stereocenters. The van der Waals surface area contributed by atoms with Crippen LogP contribution >= 0.6 is 0 Å². The number of benzene rings is 8. The summed E-state index contributed by atoms with van der Waals surface area (Å²) in [4.78, 5) is 9.75. The first kappa shape index (κ1) is 54.2. The van der Waals surface area contributed by atoms with Crippen LogP contribution in [0.2, 0.25) is 0 Å². The number of ether oxygens (including phenoxy) is 1. The molecule has 78 heavy (non-hydrogen) atoms. The van der Waals surface area contributed by atoms with Gasteiger partial charge in [-0.1, -0.05) is 211 Å². The third kappa shape index (κ3) is 10.2. The average molecular weight is 1200 g/mol. The van der Waals surface area contributed by atoms with Crippen molar-refractivity contribution in [2.45, 2.75) is 117 Å². The molecule has 0 radical (unpaired) electrons. The first-order valence-corrected chi connectivity index (χ1v) is 27.2. The summed E-state index contributed by atoms with van der Waals surface area (Å²) in [6, 6.07) is 73.7. The van der Waals surface area contributed by atoms with E-state index >= 15 is 0 Å². The summed E-state index contributed by atoms with van der Waals surface area (Å²) >= 11 is 0. The first-order chi connectivity index (χ1) is 36.5. The fraction of sp³-hybridized carbons (Fsp3) is 0.250. The van der Waals surface area contributed by atoms with Crippen molar-refractivity contribution in [3.63, 3.8) is 0 Å². The monoisotopic (exact) mass is 1200 g/mol. The Bertz CT molecular complexity index is 3820. The van der Waals surface area contributed by atoms with Crippen LogP contribution in [0.3, 0.4) is 0 Å². The Morgan fingerprint density at radius 1 is 0.423 bits per heavy atom. The summed E-state index contributed by atoms with van der Waals surface area (Å²) in [5.41, 5.74) is 16.2. The Balaban J connectivity index is 0.00000688. The maximum atomic E-state index is 7.06. The van der Waals surface area contributed by atoms with Crippen molar-refractivity contribution in [1.82, 2.24) is 9.55 Å². The Hall–Kier alpha value is -7.20. The molecule has 11 rings (SSSR count). The van der Waals surface area contributed by atoms with Crippen molar-refractivity contribution in [2.24, 2.45) is 0 Å². The SMILES string of the molecule is CC(C)(C)c1cc(Oc2[c-]c3c(cc2)c2cc(C(C)(C)c4ccccc4)ccc2n3-c2cc(C(C)(C)c3ccccc3)ccn2)[c-]c(N2[CH-]N(c3cc(-c4ccccc4)cc(C(C)(C)C)c3)c3cc(C(C)(C)C)ccc32)c1.[Pt]. The third-order valence-electron chi connectivity index (χ3n) is 16.0. The summed E-state index contributed by atoms with van der Waals surface area (Å²) in [5, 5.41) is 2.21. The van der Waals surface area contributed by atoms with Crippen LogP contribution in [0.5, 0.6) is 11.5 Å². The van der Waals surface area contributed by atoms with Crippen molar-refractivity contribution >= 4 is 44.6 Å². The number of hydrogen-bond donors (Lipinski definition) is 0. The molecule has 6 heteroatoms. The molecule has 0 aliphatic carbocycles. The fourth-order valence-electron chi connectivity index (χ4n) is 10.9. The van der Waals surface area contributed by atoms with Crippen LogP contribution in [0.15, 0.2) is 188 Å². The van der Waals surface area contributed by atoms with Gasteiger partial charge in [0, 0.05) is 72.2 Å². The average Bonchev–Trinajstić information content (AvgIpc) is 4.09. The van der Waals surface area contributed by atoms with Crippen molar-refractivity contribution in [2.75, 3.05) is 9.80 Å². The number of aromatic nitrogens is 2. The maximum Gasteiger partial charge on any atom is 0.135 e. The van der Waals surface area contributed by atoms with Crippen LogP contribution in [0.25, 0.3) is 38.8 Å². The van der Waals surface area contributed by atoms with Gasteiger partial charge < -0.3 is 19.1 Å². The minimum absolute atomic E-state index is 0. The van der Waals surface area contributed by atoms with Gasteiger partial charge in [-0.3, -0.25) is 0 Å². The maximum absolute atomic E-state index is 7.06. The van der Waals surface area contributed by atoms with Gasteiger partial charge in [-0.15, -0.1) is 53.6 Å². The molecule has 3 heterocycles. The van der Waals surface area contributed by atoms with E-state index in [1.165, 1.54) is 44.5 Å². The molecule has 1 aliphatic heterocycles. The molecule has 398 valence electrons. The molecule has 0 amide bonds. The summed E-state index contributed by atoms with van der Waals surface area (Å²) < 4.78 is 9.32. The predicted molar refractivity (Wildman–Crippen MR) is 323 cm³/mol. The number of pyridine rings is 1. The molecule has 1 aliphatic rings. The number of hydrogen-bond acceptors (Lipinski definition) is 4. The van der Waals surface area contributed by atoms with E-state index in [1.807, 2.05) is 6.20 Å². The molecule has 0 spiro atoms. The van der Waals surface area contributed by atoms with Crippen LogP contribution in [-0.2, 0) is 48.1 Å². The summed E-state index contributed by atoms with van der Waals surface area (Å²) in [6.45, 7) is 31.9. The topological polar surface area (TPSA) is 33.5 Å². The van der Waals surface area contributed by atoms with Crippen LogP contribution in [0.4, 0.5) is 22.7 Å². The fourth-order valence-corrected chi connectivity index (χ4v) is 10.9. The number of anilines is 4. The largest absolute Gasteiger partial charge is 0.509 e. The summed E-state index contributed by atoms with van der Waals surface area (Å²) in [6.07, 6.45) is 1.94. The molecule has 10 aromatic rings. The Labute approximate surface area is 478 Å². The molecule has 0 fully saturated rings. The van der Waals surface area contributed by atoms with E-state index in [0.29, 0.717) is 11.5 Å². The summed E-state index contributed by atoms with van der Waals surface area (Å²) in [5.74, 6) is 2.03. The van der Waals surface area contributed by atoms with Crippen LogP contribution in [0.1, 0.15) is 129 Å². The van der Waals surface area contributed by atoms with E-state index < -0.39 is 0 Å². The molecule has 5 nitrogen and oxygen atoms in total. The zero-order chi connectivity index (χ0) is 54.2. The first-order valence-electron chi connectivity index (χ1n) is 27.2. The second-order valence-electron chi connectivity index (χ2n) is 25.2. The molecule has 0 saturated heterocycles. The molecular weight excluding hydrogens is 1130 g/mol. The van der Waals surface area contributed by atoms with Gasteiger partial charge in [-0.05, 0) is 109 Å². The second-order valence-corrected chi connectivity index (χ2v) is 25.2. The van der Waals surface area contributed by atoms with Gasteiger partial charge in [0.2, 0.25) is 0 Å². The molecule has 0 N–H and O–H groups in total. The molecule has 0 saturated carbocycles. The van der Waals surface area contributed by atoms with E-state index in [2.05, 4.69) is 305 Å². The van der Waals surface area contributed by atoms with E-state index in [4.69, 9.17) is 9.72 Å². The number of rotatable bonds is 10. The van der Waals surface area contributed by atoms with Gasteiger partial charge in [0.15, 0.2) is 0 Å². The second kappa shape index (κ2) is 20.2. The Kier molecular flexibility index (Phi) is 14.0. The van der Waals surface area contributed by atoms with Crippen LogP contribution in [0, 0.1) is 18.8 Å². The van der Waals surface area contributed by atoms with Crippen LogP contribution in [-0.4, -0.2) is 9.55 Å². The van der Waals surface area contributed by atoms with Gasteiger partial charge in [0.05, 0.1) is 0 Å². The van der Waals surface area contributed by atoms with Crippen molar-refractivity contribution in [3.05, 3.63) is 246 Å². The normalized spacial score (nSPS) is 13.2. The zero-order valence-corrected chi connectivity index (χ0v) is 49.8. The Morgan fingerprint density at radius 3 is 1.64 bits per heavy atom. The quantitative estimate of drug-likeness (QED) is 0.128. The van der Waals surface area contributed by atoms with Gasteiger partial charge in [-0.2, -0.15) is 6.07 Å². The molecular formula is C72H71N4OPt-3. The van der Waals surface area contributed by atoms with Gasteiger partial charge >= 0.3 is 0 Å². The molecule has 0 unspecified atom stereocenters. The van der Waals surface area contributed by atoms with E-state index in [-0.39, 0.29) is 48.1 Å². The van der Waals surface area contributed by atoms with Gasteiger partial charge in [0.25, 0.3) is 0 Å². The molecule has 2 aromatic heterocycles. The van der Waals surface area contributed by atoms with E-state index in [0.717, 1.165) is 55.9 Å². The number of nitrogens with zero attached hydrogens (tertiary/aromatic N) is 4. The van der Waals surface area contributed by atoms with Gasteiger partial charge in [-0.25, -0.2) is 4.98 Å². The van der Waals surface area contributed by atoms with Crippen molar-refractivity contribution < 1.29 is 25.8 Å². The third-order valence-corrected chi connectivity index (χ3v) is 16.0. The van der Waals surface area contributed by atoms with E-state index in [9.17, 15) is 0 Å².